The number of sulfone groups is 1. The van der Waals surface area contributed by atoms with Crippen molar-refractivity contribution in [3.8, 4) is 11.4 Å². The van der Waals surface area contributed by atoms with Gasteiger partial charge in [-0.05, 0) is 69.7 Å². The predicted octanol–water partition coefficient (Wildman–Crippen LogP) is 3.24. The van der Waals surface area contributed by atoms with Crippen LogP contribution in [0.25, 0.3) is 11.4 Å². The van der Waals surface area contributed by atoms with Gasteiger partial charge in [-0.1, -0.05) is 0 Å². The summed E-state index contributed by atoms with van der Waals surface area (Å²) in [7, 11) is -3.46. The number of carbonyl (C=O) groups is 1. The Morgan fingerprint density at radius 3 is 2.42 bits per heavy atom. The fraction of sp³-hybridized carbons (Fsp3) is 0.593. The van der Waals surface area contributed by atoms with Crippen molar-refractivity contribution in [3.05, 3.63) is 36.0 Å². The molecule has 0 unspecified atom stereocenters. The molecule has 1 atom stereocenters. The molecular formula is C27H35N5O5S. The quantitative estimate of drug-likeness (QED) is 0.548. The molecule has 1 aromatic heterocycles. The average Bonchev–Trinajstić information content (AvgIpc) is 3.85. The highest BCUT2D eigenvalue weighted by atomic mass is 32.2. The van der Waals surface area contributed by atoms with Crippen LogP contribution < -0.4 is 15.5 Å². The monoisotopic (exact) mass is 541 g/mol. The number of amides is 2. The molecule has 2 saturated carbocycles. The Balaban J connectivity index is 1.34. The summed E-state index contributed by atoms with van der Waals surface area (Å²) in [6, 6.07) is 9.43. The maximum Gasteiger partial charge on any atom is 0.319 e. The second-order valence-electron chi connectivity index (χ2n) is 10.9. The highest BCUT2D eigenvalue weighted by molar-refractivity contribution is 7.93. The van der Waals surface area contributed by atoms with Gasteiger partial charge in [0.2, 0.25) is 0 Å². The molecule has 2 aliphatic heterocycles. The fourth-order valence-corrected chi connectivity index (χ4v) is 7.92. The third-order valence-corrected chi connectivity index (χ3v) is 11.1. The number of nitrogens with zero attached hydrogens (tertiary/aromatic N) is 3. The molecule has 11 heteroatoms. The van der Waals surface area contributed by atoms with Gasteiger partial charge in [0.05, 0.1) is 30.2 Å². The van der Waals surface area contributed by atoms with E-state index in [1.807, 2.05) is 30.3 Å². The van der Waals surface area contributed by atoms with Crippen LogP contribution in [0, 0.1) is 0 Å². The Kier molecular flexibility index (Phi) is 6.77. The van der Waals surface area contributed by atoms with Crippen LogP contribution in [0.2, 0.25) is 0 Å². The summed E-state index contributed by atoms with van der Waals surface area (Å²) in [4.78, 5) is 24.1. The van der Waals surface area contributed by atoms with Crippen LogP contribution in [0.4, 0.5) is 16.3 Å². The maximum atomic E-state index is 13.9. The summed E-state index contributed by atoms with van der Waals surface area (Å²) < 4.78 is 37.9. The molecule has 1 aromatic carbocycles. The van der Waals surface area contributed by atoms with Gasteiger partial charge in [0.15, 0.2) is 15.7 Å². The van der Waals surface area contributed by atoms with Crippen molar-refractivity contribution in [1.82, 2.24) is 15.3 Å². The minimum absolute atomic E-state index is 0.109. The van der Waals surface area contributed by atoms with E-state index >= 15 is 0 Å². The SMILES string of the molecule is C[C@H]1COCCN1c1cc(C2(S(=O)(=O)C3CCOCC3)CC2)nc(-c2ccc(NC(=O)NC3CC3)cc2)n1. The van der Waals surface area contributed by atoms with Crippen LogP contribution in [0.15, 0.2) is 30.3 Å². The zero-order valence-corrected chi connectivity index (χ0v) is 22.5. The molecule has 6 rings (SSSR count). The average molecular weight is 542 g/mol. The first-order valence-corrected chi connectivity index (χ1v) is 15.1. The van der Waals surface area contributed by atoms with Gasteiger partial charge in [0.1, 0.15) is 10.6 Å². The molecule has 2 N–H and O–H groups in total. The zero-order chi connectivity index (χ0) is 26.3. The number of rotatable bonds is 7. The summed E-state index contributed by atoms with van der Waals surface area (Å²) in [5.74, 6) is 1.21. The molecule has 38 heavy (non-hydrogen) atoms. The normalized spacial score (nSPS) is 23.6. The Bertz CT molecular complexity index is 1290. The topological polar surface area (TPSA) is 123 Å². The molecule has 2 aromatic rings. The molecule has 3 heterocycles. The Labute approximate surface area is 223 Å². The third-order valence-electron chi connectivity index (χ3n) is 8.01. The van der Waals surface area contributed by atoms with E-state index in [2.05, 4.69) is 22.5 Å². The van der Waals surface area contributed by atoms with Crippen molar-refractivity contribution in [1.29, 1.82) is 0 Å². The lowest BCUT2D eigenvalue weighted by molar-refractivity contribution is 0.0981. The number of hydrogen-bond donors (Lipinski definition) is 2. The first-order valence-electron chi connectivity index (χ1n) is 13.6. The van der Waals surface area contributed by atoms with E-state index in [1.54, 1.807) is 0 Å². The van der Waals surface area contributed by atoms with Crippen LogP contribution in [0.3, 0.4) is 0 Å². The Hall–Kier alpha value is -2.76. The van der Waals surface area contributed by atoms with Crippen molar-refractivity contribution in [2.75, 3.05) is 43.2 Å². The second-order valence-corrected chi connectivity index (χ2v) is 13.4. The van der Waals surface area contributed by atoms with Crippen LogP contribution >= 0.6 is 0 Å². The molecule has 0 spiro atoms. The van der Waals surface area contributed by atoms with Crippen molar-refractivity contribution in [2.24, 2.45) is 0 Å². The van der Waals surface area contributed by atoms with E-state index in [4.69, 9.17) is 19.4 Å². The van der Waals surface area contributed by atoms with Crippen LogP contribution in [0.5, 0.6) is 0 Å². The molecule has 4 fully saturated rings. The highest BCUT2D eigenvalue weighted by Crippen LogP contribution is 2.55. The number of nitrogens with one attached hydrogen (secondary N) is 2. The maximum absolute atomic E-state index is 13.9. The van der Waals surface area contributed by atoms with Crippen molar-refractivity contribution in [3.63, 3.8) is 0 Å². The lowest BCUT2D eigenvalue weighted by atomic mass is 10.1. The van der Waals surface area contributed by atoms with Gasteiger partial charge in [0.25, 0.3) is 0 Å². The summed E-state index contributed by atoms with van der Waals surface area (Å²) >= 11 is 0. The van der Waals surface area contributed by atoms with Crippen LogP contribution in [0.1, 0.15) is 51.1 Å². The number of carbonyl (C=O) groups excluding carboxylic acids is 1. The number of anilines is 2. The van der Waals surface area contributed by atoms with Gasteiger partial charge in [-0.25, -0.2) is 23.2 Å². The minimum atomic E-state index is -3.46. The van der Waals surface area contributed by atoms with E-state index in [1.165, 1.54) is 0 Å². The van der Waals surface area contributed by atoms with E-state index in [9.17, 15) is 13.2 Å². The predicted molar refractivity (Wildman–Crippen MR) is 144 cm³/mol. The third kappa shape index (κ3) is 4.99. The fourth-order valence-electron chi connectivity index (χ4n) is 5.40. The van der Waals surface area contributed by atoms with E-state index in [0.717, 1.165) is 24.2 Å². The number of ether oxygens (including phenoxy) is 2. The largest absolute Gasteiger partial charge is 0.381 e. The van der Waals surface area contributed by atoms with E-state index < -0.39 is 19.8 Å². The number of aromatic nitrogens is 2. The summed E-state index contributed by atoms with van der Waals surface area (Å²) in [6.45, 7) is 4.89. The molecule has 0 radical (unpaired) electrons. The molecular weight excluding hydrogens is 506 g/mol. The molecule has 10 nitrogen and oxygen atoms in total. The van der Waals surface area contributed by atoms with Crippen molar-refractivity contribution < 1.29 is 22.7 Å². The standard InChI is InChI=1S/C27H35N5O5S/c1-18-17-37-15-12-32(18)24-16-23(27(10-11-27)38(34,35)22-8-13-36-14-9-22)30-25(31-24)19-2-4-20(5-3-19)28-26(33)29-21-6-7-21/h2-5,16,18,21-22H,6-15,17H2,1H3,(H2,28,29,33)/t18-/m0/s1. The van der Waals surface area contributed by atoms with Gasteiger partial charge in [0, 0.05) is 43.1 Å². The smallest absolute Gasteiger partial charge is 0.319 e. The van der Waals surface area contributed by atoms with Gasteiger partial charge < -0.3 is 25.0 Å². The highest BCUT2D eigenvalue weighted by Gasteiger charge is 2.59. The van der Waals surface area contributed by atoms with Gasteiger partial charge >= 0.3 is 6.03 Å². The summed E-state index contributed by atoms with van der Waals surface area (Å²) in [6.07, 6.45) is 4.24. The number of hydrogen-bond acceptors (Lipinski definition) is 8. The molecule has 0 bridgehead atoms. The summed E-state index contributed by atoms with van der Waals surface area (Å²) in [5.41, 5.74) is 2.01. The minimum Gasteiger partial charge on any atom is -0.381 e. The second kappa shape index (κ2) is 10.1. The van der Waals surface area contributed by atoms with Crippen molar-refractivity contribution in [2.45, 2.75) is 67.5 Å². The number of benzene rings is 1. The lowest BCUT2D eigenvalue weighted by Crippen LogP contribution is -2.44. The van der Waals surface area contributed by atoms with Crippen molar-refractivity contribution >= 4 is 27.4 Å². The van der Waals surface area contributed by atoms with Gasteiger partial charge in [-0.15, -0.1) is 0 Å². The Morgan fingerprint density at radius 2 is 1.76 bits per heavy atom. The summed E-state index contributed by atoms with van der Waals surface area (Å²) in [5, 5.41) is 5.37. The molecule has 2 aliphatic carbocycles. The molecule has 204 valence electrons. The van der Waals surface area contributed by atoms with Crippen LogP contribution in [-0.4, -0.2) is 74.7 Å². The Morgan fingerprint density at radius 1 is 1.03 bits per heavy atom. The molecule has 2 amide bonds. The van der Waals surface area contributed by atoms with Crippen LogP contribution in [-0.2, 0) is 24.1 Å². The first kappa shape index (κ1) is 25.5. The first-order chi connectivity index (χ1) is 18.4. The molecule has 4 aliphatic rings. The lowest BCUT2D eigenvalue weighted by Gasteiger charge is -2.35. The molecule has 2 saturated heterocycles. The van der Waals surface area contributed by atoms with E-state index in [0.29, 0.717) is 75.9 Å². The number of morpholine rings is 1. The zero-order valence-electron chi connectivity index (χ0n) is 21.7. The van der Waals surface area contributed by atoms with Gasteiger partial charge in [-0.3, -0.25) is 0 Å². The van der Waals surface area contributed by atoms with E-state index in [-0.39, 0.29) is 18.1 Å². The van der Waals surface area contributed by atoms with Gasteiger partial charge in [-0.2, -0.15) is 0 Å². The number of urea groups is 1.